The van der Waals surface area contributed by atoms with Crippen LogP contribution in [0.5, 0.6) is 0 Å². The van der Waals surface area contributed by atoms with Gasteiger partial charge in [-0.3, -0.25) is 4.79 Å². The van der Waals surface area contributed by atoms with Crippen molar-refractivity contribution < 1.29 is 4.79 Å². The molecule has 0 bridgehead atoms. The lowest BCUT2D eigenvalue weighted by Gasteiger charge is -1.87. The number of thiol groups is 1. The van der Waals surface area contributed by atoms with Crippen molar-refractivity contribution in [3.8, 4) is 11.8 Å². The summed E-state index contributed by atoms with van der Waals surface area (Å²) in [5, 5.41) is -0.337. The lowest BCUT2D eigenvalue weighted by molar-refractivity contribution is -0.106. The van der Waals surface area contributed by atoms with Gasteiger partial charge in [-0.05, 0) is 12.3 Å². The Balaban J connectivity index is 3.20. The summed E-state index contributed by atoms with van der Waals surface area (Å²) in [6.07, 6.45) is 4.29. The summed E-state index contributed by atoms with van der Waals surface area (Å²) in [7, 11) is 0. The second kappa shape index (κ2) is 6.70. The van der Waals surface area contributed by atoms with E-state index in [4.69, 9.17) is 0 Å². The maximum Gasteiger partial charge on any atom is 0.259 e. The van der Waals surface area contributed by atoms with Crippen molar-refractivity contribution in [2.24, 2.45) is 0 Å². The van der Waals surface area contributed by atoms with Crippen LogP contribution < -0.4 is 0 Å². The van der Waals surface area contributed by atoms with Crippen LogP contribution in [0.25, 0.3) is 0 Å². The predicted octanol–water partition coefficient (Wildman–Crippen LogP) is 2.03. The molecule has 0 spiro atoms. The summed E-state index contributed by atoms with van der Waals surface area (Å²) in [4.78, 5) is 10.2. The Bertz CT molecular complexity index is 152. The number of hydrogen-bond acceptors (Lipinski definition) is 1. The number of carbonyl (C=O) groups excluding carboxylic acids is 1. The first-order valence-corrected chi connectivity index (χ1v) is 3.94. The molecule has 0 aromatic rings. The van der Waals surface area contributed by atoms with Crippen molar-refractivity contribution in [3.05, 3.63) is 0 Å². The maximum atomic E-state index is 10.2. The average molecular weight is 156 g/mol. The highest BCUT2D eigenvalue weighted by Gasteiger charge is 1.82. The van der Waals surface area contributed by atoms with Crippen LogP contribution in [0.3, 0.4) is 0 Å². The fourth-order valence-corrected chi connectivity index (χ4v) is 0.681. The molecule has 1 nitrogen and oxygen atoms in total. The first kappa shape index (κ1) is 9.58. The van der Waals surface area contributed by atoms with Gasteiger partial charge in [0.2, 0.25) is 0 Å². The minimum atomic E-state index is -0.337. The predicted molar refractivity (Wildman–Crippen MR) is 45.9 cm³/mol. The van der Waals surface area contributed by atoms with E-state index in [2.05, 4.69) is 31.4 Å². The standard InChI is InChI=1S/C8H12OS/c1-2-3-4-5-6-7-8(9)10/h2-5H2,1H3,(H,9,10). The molecule has 56 valence electrons. The van der Waals surface area contributed by atoms with Crippen molar-refractivity contribution in [1.82, 2.24) is 0 Å². The molecule has 0 heterocycles. The van der Waals surface area contributed by atoms with Crippen molar-refractivity contribution in [3.63, 3.8) is 0 Å². The van der Waals surface area contributed by atoms with E-state index < -0.39 is 0 Å². The Morgan fingerprint density at radius 3 is 2.70 bits per heavy atom. The van der Waals surface area contributed by atoms with Crippen molar-refractivity contribution in [1.29, 1.82) is 0 Å². The third-order valence-corrected chi connectivity index (χ3v) is 1.21. The van der Waals surface area contributed by atoms with Gasteiger partial charge in [0.15, 0.2) is 0 Å². The van der Waals surface area contributed by atoms with E-state index in [0.717, 1.165) is 12.8 Å². The third kappa shape index (κ3) is 7.58. The van der Waals surface area contributed by atoms with E-state index in [1.165, 1.54) is 12.8 Å². The number of unbranched alkanes of at least 4 members (excludes halogenated alkanes) is 3. The molecule has 2 heteroatoms. The van der Waals surface area contributed by atoms with Crippen LogP contribution in [0.15, 0.2) is 0 Å². The summed E-state index contributed by atoms with van der Waals surface area (Å²) in [5.74, 6) is 5.12. The molecule has 0 aliphatic rings. The first-order valence-electron chi connectivity index (χ1n) is 3.49. The van der Waals surface area contributed by atoms with Crippen LogP contribution >= 0.6 is 12.6 Å². The molecule has 0 atom stereocenters. The summed E-state index contributed by atoms with van der Waals surface area (Å²) >= 11 is 3.51. The molecule has 0 fully saturated rings. The van der Waals surface area contributed by atoms with Crippen LogP contribution in [-0.2, 0) is 4.79 Å². The molecule has 0 rings (SSSR count). The number of carbonyl (C=O) groups is 1. The van der Waals surface area contributed by atoms with Gasteiger partial charge in [-0.1, -0.05) is 38.3 Å². The largest absolute Gasteiger partial charge is 0.272 e. The Morgan fingerprint density at radius 2 is 2.20 bits per heavy atom. The van der Waals surface area contributed by atoms with Gasteiger partial charge in [0.1, 0.15) is 0 Å². The summed E-state index contributed by atoms with van der Waals surface area (Å²) < 4.78 is 0. The van der Waals surface area contributed by atoms with Gasteiger partial charge >= 0.3 is 0 Å². The average Bonchev–Trinajstić information content (AvgIpc) is 1.87. The van der Waals surface area contributed by atoms with Crippen LogP contribution in [0.4, 0.5) is 0 Å². The second-order valence-electron chi connectivity index (χ2n) is 2.06. The molecular weight excluding hydrogens is 144 g/mol. The van der Waals surface area contributed by atoms with E-state index in [-0.39, 0.29) is 5.12 Å². The molecule has 0 aliphatic heterocycles. The van der Waals surface area contributed by atoms with Gasteiger partial charge in [-0.2, -0.15) is 0 Å². The zero-order valence-corrected chi connectivity index (χ0v) is 7.08. The van der Waals surface area contributed by atoms with Gasteiger partial charge in [0, 0.05) is 6.42 Å². The van der Waals surface area contributed by atoms with E-state index in [1.807, 2.05) is 0 Å². The SMILES string of the molecule is CCCCCC#CC(=O)S. The Kier molecular flexibility index (Phi) is 6.42. The molecule has 10 heavy (non-hydrogen) atoms. The molecule has 0 unspecified atom stereocenters. The topological polar surface area (TPSA) is 17.1 Å². The number of rotatable bonds is 3. The van der Waals surface area contributed by atoms with Crippen LogP contribution in [0.1, 0.15) is 32.6 Å². The molecule has 0 radical (unpaired) electrons. The molecule has 0 saturated carbocycles. The Hall–Kier alpha value is -0.420. The van der Waals surface area contributed by atoms with Gasteiger partial charge in [0.05, 0.1) is 0 Å². The van der Waals surface area contributed by atoms with Crippen molar-refractivity contribution in [2.45, 2.75) is 32.6 Å². The normalized spacial score (nSPS) is 8.20. The highest BCUT2D eigenvalue weighted by Crippen LogP contribution is 1.96. The Morgan fingerprint density at radius 1 is 1.50 bits per heavy atom. The van der Waals surface area contributed by atoms with Gasteiger partial charge in [0.25, 0.3) is 5.12 Å². The first-order chi connectivity index (χ1) is 4.77. The molecule has 0 aliphatic carbocycles. The second-order valence-corrected chi connectivity index (χ2v) is 2.47. The molecule has 0 aromatic carbocycles. The lowest BCUT2D eigenvalue weighted by Crippen LogP contribution is -1.76. The maximum absolute atomic E-state index is 10.2. The fraction of sp³-hybridized carbons (Fsp3) is 0.625. The molecule has 0 saturated heterocycles. The van der Waals surface area contributed by atoms with E-state index in [9.17, 15) is 4.79 Å². The quantitative estimate of drug-likeness (QED) is 0.376. The van der Waals surface area contributed by atoms with Crippen LogP contribution in [-0.4, -0.2) is 5.12 Å². The van der Waals surface area contributed by atoms with E-state index in [0.29, 0.717) is 0 Å². The molecule has 0 aromatic heterocycles. The highest BCUT2D eigenvalue weighted by molar-refractivity contribution is 7.97. The summed E-state index contributed by atoms with van der Waals surface area (Å²) in [5.41, 5.74) is 0. The fourth-order valence-electron chi connectivity index (χ4n) is 0.602. The van der Waals surface area contributed by atoms with Crippen LogP contribution in [0, 0.1) is 11.8 Å². The third-order valence-electron chi connectivity index (χ3n) is 1.10. The Labute approximate surface area is 67.6 Å². The minimum absolute atomic E-state index is 0.337. The molecular formula is C8H12OS. The van der Waals surface area contributed by atoms with Gasteiger partial charge < -0.3 is 0 Å². The zero-order valence-electron chi connectivity index (χ0n) is 6.18. The van der Waals surface area contributed by atoms with Gasteiger partial charge in [-0.25, -0.2) is 0 Å². The van der Waals surface area contributed by atoms with Crippen molar-refractivity contribution >= 4 is 17.7 Å². The number of hydrogen-bond donors (Lipinski definition) is 1. The van der Waals surface area contributed by atoms with E-state index in [1.54, 1.807) is 0 Å². The summed E-state index contributed by atoms with van der Waals surface area (Å²) in [6.45, 7) is 2.14. The van der Waals surface area contributed by atoms with Crippen molar-refractivity contribution in [2.75, 3.05) is 0 Å². The van der Waals surface area contributed by atoms with E-state index >= 15 is 0 Å². The molecule has 0 amide bonds. The smallest absolute Gasteiger partial charge is 0.259 e. The monoisotopic (exact) mass is 156 g/mol. The highest BCUT2D eigenvalue weighted by atomic mass is 32.1. The summed E-state index contributed by atoms with van der Waals surface area (Å²) in [6, 6.07) is 0. The van der Waals surface area contributed by atoms with Gasteiger partial charge in [-0.15, -0.1) is 0 Å². The molecule has 0 N–H and O–H groups in total. The zero-order chi connectivity index (χ0) is 7.82. The van der Waals surface area contributed by atoms with Crippen LogP contribution in [0.2, 0.25) is 0 Å². The minimum Gasteiger partial charge on any atom is -0.272 e. The lowest BCUT2D eigenvalue weighted by atomic mass is 10.2.